The Labute approximate surface area is 112 Å². The lowest BCUT2D eigenvalue weighted by Gasteiger charge is -2.27. The van der Waals surface area contributed by atoms with Crippen molar-refractivity contribution in [3.8, 4) is 11.1 Å². The lowest BCUT2D eigenvalue weighted by molar-refractivity contribution is 0.122. The number of nitrogen functional groups attached to an aromatic ring is 1. The van der Waals surface area contributed by atoms with Crippen LogP contribution in [-0.2, 0) is 4.74 Å². The van der Waals surface area contributed by atoms with Gasteiger partial charge in [0.25, 0.3) is 0 Å². The second-order valence-corrected chi connectivity index (χ2v) is 4.63. The molecule has 2 heterocycles. The van der Waals surface area contributed by atoms with Crippen LogP contribution in [0.15, 0.2) is 42.6 Å². The highest BCUT2D eigenvalue weighted by atomic mass is 16.5. The third-order valence-electron chi connectivity index (χ3n) is 3.33. The van der Waals surface area contributed by atoms with Gasteiger partial charge in [0.2, 0.25) is 0 Å². The number of morpholine rings is 1. The van der Waals surface area contributed by atoms with Crippen LogP contribution < -0.4 is 10.6 Å². The van der Waals surface area contributed by atoms with Crippen molar-refractivity contribution in [1.82, 2.24) is 4.98 Å². The number of pyridine rings is 1. The van der Waals surface area contributed by atoms with Gasteiger partial charge in [-0.05, 0) is 29.8 Å². The molecule has 1 aromatic heterocycles. The predicted molar refractivity (Wildman–Crippen MR) is 77.1 cm³/mol. The number of nitrogens with zero attached hydrogens (tertiary/aromatic N) is 2. The minimum atomic E-state index is 0.779. The highest BCUT2D eigenvalue weighted by Gasteiger charge is 2.12. The molecule has 1 aromatic carbocycles. The maximum absolute atomic E-state index is 5.69. The topological polar surface area (TPSA) is 51.4 Å². The highest BCUT2D eigenvalue weighted by molar-refractivity contribution is 5.65. The normalized spacial score (nSPS) is 15.5. The van der Waals surface area contributed by atoms with Crippen LogP contribution in [0.3, 0.4) is 0 Å². The molecule has 2 aromatic rings. The van der Waals surface area contributed by atoms with E-state index in [0.717, 1.165) is 48.9 Å². The molecule has 0 radical (unpaired) electrons. The average molecular weight is 255 g/mol. The summed E-state index contributed by atoms with van der Waals surface area (Å²) in [5, 5.41) is 0. The van der Waals surface area contributed by atoms with Crippen LogP contribution in [0.2, 0.25) is 0 Å². The molecule has 4 nitrogen and oxygen atoms in total. The molecular weight excluding hydrogens is 238 g/mol. The molecule has 0 spiro atoms. The van der Waals surface area contributed by atoms with Gasteiger partial charge in [0, 0.05) is 30.5 Å². The summed E-state index contributed by atoms with van der Waals surface area (Å²) < 4.78 is 5.34. The summed E-state index contributed by atoms with van der Waals surface area (Å²) in [5.74, 6) is 1.02. The summed E-state index contributed by atoms with van der Waals surface area (Å²) >= 11 is 0. The minimum Gasteiger partial charge on any atom is -0.399 e. The van der Waals surface area contributed by atoms with Crippen LogP contribution in [0.25, 0.3) is 11.1 Å². The fourth-order valence-corrected chi connectivity index (χ4v) is 2.21. The quantitative estimate of drug-likeness (QED) is 0.836. The fraction of sp³-hybridized carbons (Fsp3) is 0.267. The first kappa shape index (κ1) is 12.0. The van der Waals surface area contributed by atoms with Crippen molar-refractivity contribution in [2.24, 2.45) is 0 Å². The number of hydrogen-bond donors (Lipinski definition) is 1. The van der Waals surface area contributed by atoms with Crippen LogP contribution in [-0.4, -0.2) is 31.3 Å². The van der Waals surface area contributed by atoms with Gasteiger partial charge in [0.15, 0.2) is 0 Å². The number of ether oxygens (including phenoxy) is 1. The van der Waals surface area contributed by atoms with Gasteiger partial charge in [-0.3, -0.25) is 0 Å². The van der Waals surface area contributed by atoms with Gasteiger partial charge in [-0.25, -0.2) is 4.98 Å². The Balaban J connectivity index is 1.80. The summed E-state index contributed by atoms with van der Waals surface area (Å²) in [5.41, 5.74) is 8.71. The molecule has 4 heteroatoms. The SMILES string of the molecule is Nc1ccc(-c2ccc(N3CCOCC3)nc2)cc1. The zero-order valence-electron chi connectivity index (χ0n) is 10.7. The van der Waals surface area contributed by atoms with Crippen LogP contribution >= 0.6 is 0 Å². The van der Waals surface area contributed by atoms with Crippen molar-refractivity contribution >= 4 is 11.5 Å². The lowest BCUT2D eigenvalue weighted by Crippen LogP contribution is -2.36. The van der Waals surface area contributed by atoms with Crippen LogP contribution in [0.5, 0.6) is 0 Å². The summed E-state index contributed by atoms with van der Waals surface area (Å²) in [6, 6.07) is 12.0. The molecule has 3 rings (SSSR count). The molecule has 1 aliphatic rings. The van der Waals surface area contributed by atoms with Gasteiger partial charge in [0.05, 0.1) is 13.2 Å². The molecule has 0 unspecified atom stereocenters. The number of rotatable bonds is 2. The maximum Gasteiger partial charge on any atom is 0.128 e. The molecule has 0 aliphatic carbocycles. The summed E-state index contributed by atoms with van der Waals surface area (Å²) in [4.78, 5) is 6.79. The standard InChI is InChI=1S/C15H17N3O/c16-14-4-1-12(2-5-14)13-3-6-15(17-11-13)18-7-9-19-10-8-18/h1-6,11H,7-10,16H2. The Kier molecular flexibility index (Phi) is 3.33. The van der Waals surface area contributed by atoms with E-state index in [2.05, 4.69) is 22.0 Å². The summed E-state index contributed by atoms with van der Waals surface area (Å²) in [6.45, 7) is 3.38. The highest BCUT2D eigenvalue weighted by Crippen LogP contribution is 2.22. The van der Waals surface area contributed by atoms with E-state index >= 15 is 0 Å². The predicted octanol–water partition coefficient (Wildman–Crippen LogP) is 2.17. The zero-order valence-corrected chi connectivity index (χ0v) is 10.7. The van der Waals surface area contributed by atoms with E-state index in [0.29, 0.717) is 0 Å². The average Bonchev–Trinajstić information content (AvgIpc) is 2.49. The Hall–Kier alpha value is -2.07. The molecule has 2 N–H and O–H groups in total. The van der Waals surface area contributed by atoms with E-state index < -0.39 is 0 Å². The zero-order chi connectivity index (χ0) is 13.1. The Morgan fingerprint density at radius 1 is 0.947 bits per heavy atom. The number of benzene rings is 1. The van der Waals surface area contributed by atoms with Gasteiger partial charge in [-0.1, -0.05) is 12.1 Å². The number of nitrogens with two attached hydrogens (primary N) is 1. The number of anilines is 2. The largest absolute Gasteiger partial charge is 0.399 e. The molecule has 1 aliphatic heterocycles. The third kappa shape index (κ3) is 2.69. The first-order valence-electron chi connectivity index (χ1n) is 6.47. The van der Waals surface area contributed by atoms with E-state index in [4.69, 9.17) is 10.5 Å². The van der Waals surface area contributed by atoms with E-state index in [-0.39, 0.29) is 0 Å². The second-order valence-electron chi connectivity index (χ2n) is 4.63. The first-order valence-corrected chi connectivity index (χ1v) is 6.47. The van der Waals surface area contributed by atoms with Crippen molar-refractivity contribution in [3.63, 3.8) is 0 Å². The van der Waals surface area contributed by atoms with E-state index in [1.54, 1.807) is 0 Å². The van der Waals surface area contributed by atoms with Crippen LogP contribution in [0.4, 0.5) is 11.5 Å². The van der Waals surface area contributed by atoms with Crippen molar-refractivity contribution in [1.29, 1.82) is 0 Å². The van der Waals surface area contributed by atoms with Crippen LogP contribution in [0.1, 0.15) is 0 Å². The van der Waals surface area contributed by atoms with Gasteiger partial charge >= 0.3 is 0 Å². The first-order chi connectivity index (χ1) is 9.33. The van der Waals surface area contributed by atoms with E-state index in [1.807, 2.05) is 30.5 Å². The molecule has 0 saturated carbocycles. The summed E-state index contributed by atoms with van der Waals surface area (Å²) in [6.07, 6.45) is 1.91. The molecule has 19 heavy (non-hydrogen) atoms. The fourth-order valence-electron chi connectivity index (χ4n) is 2.21. The smallest absolute Gasteiger partial charge is 0.128 e. The Morgan fingerprint density at radius 2 is 1.63 bits per heavy atom. The monoisotopic (exact) mass is 255 g/mol. The molecule has 1 saturated heterocycles. The van der Waals surface area contributed by atoms with Crippen molar-refractivity contribution < 1.29 is 4.74 Å². The van der Waals surface area contributed by atoms with Gasteiger partial charge in [-0.15, -0.1) is 0 Å². The maximum atomic E-state index is 5.69. The molecular formula is C15H17N3O. The second kappa shape index (κ2) is 5.28. The summed E-state index contributed by atoms with van der Waals surface area (Å²) in [7, 11) is 0. The Morgan fingerprint density at radius 3 is 2.26 bits per heavy atom. The van der Waals surface area contributed by atoms with E-state index in [9.17, 15) is 0 Å². The third-order valence-corrected chi connectivity index (χ3v) is 3.33. The molecule has 0 bridgehead atoms. The van der Waals surface area contributed by atoms with Gasteiger partial charge in [-0.2, -0.15) is 0 Å². The lowest BCUT2D eigenvalue weighted by atomic mass is 10.1. The molecule has 1 fully saturated rings. The van der Waals surface area contributed by atoms with E-state index in [1.165, 1.54) is 0 Å². The Bertz CT molecular complexity index is 530. The molecule has 98 valence electrons. The van der Waals surface area contributed by atoms with Crippen molar-refractivity contribution in [2.75, 3.05) is 36.9 Å². The molecule has 0 atom stereocenters. The van der Waals surface area contributed by atoms with Gasteiger partial charge < -0.3 is 15.4 Å². The van der Waals surface area contributed by atoms with Crippen LogP contribution in [0, 0.1) is 0 Å². The minimum absolute atomic E-state index is 0.779. The van der Waals surface area contributed by atoms with Crippen molar-refractivity contribution in [3.05, 3.63) is 42.6 Å². The van der Waals surface area contributed by atoms with Crippen molar-refractivity contribution in [2.45, 2.75) is 0 Å². The number of aromatic nitrogens is 1. The number of hydrogen-bond acceptors (Lipinski definition) is 4. The molecule has 0 amide bonds. The van der Waals surface area contributed by atoms with Gasteiger partial charge in [0.1, 0.15) is 5.82 Å².